The average molecular weight is 282 g/mol. The lowest BCUT2D eigenvalue weighted by atomic mass is 10.1. The van der Waals surface area contributed by atoms with E-state index in [0.717, 1.165) is 42.7 Å². The fourth-order valence-corrected chi connectivity index (χ4v) is 2.65. The molecule has 1 aromatic carbocycles. The second-order valence-corrected chi connectivity index (χ2v) is 5.56. The van der Waals surface area contributed by atoms with Gasteiger partial charge in [0.25, 0.3) is 0 Å². The quantitative estimate of drug-likeness (QED) is 0.928. The monoisotopic (exact) mass is 282 g/mol. The largest absolute Gasteiger partial charge is 0.341 e. The summed E-state index contributed by atoms with van der Waals surface area (Å²) in [4.78, 5) is 11.5. The maximum Gasteiger partial charge on any atom is 0.227 e. The molecule has 2 heterocycles. The highest BCUT2D eigenvalue weighted by Gasteiger charge is 2.15. The summed E-state index contributed by atoms with van der Waals surface area (Å²) in [5.41, 5.74) is 3.41. The summed E-state index contributed by atoms with van der Waals surface area (Å²) in [7, 11) is 0. The maximum absolute atomic E-state index is 4.66. The van der Waals surface area contributed by atoms with Crippen LogP contribution in [0, 0.1) is 6.92 Å². The van der Waals surface area contributed by atoms with E-state index in [1.54, 1.807) is 0 Å². The van der Waals surface area contributed by atoms with E-state index in [4.69, 9.17) is 0 Å². The molecule has 21 heavy (non-hydrogen) atoms. The van der Waals surface area contributed by atoms with E-state index in [0.29, 0.717) is 0 Å². The van der Waals surface area contributed by atoms with Gasteiger partial charge in [0.05, 0.1) is 0 Å². The molecule has 0 bridgehead atoms. The predicted molar refractivity (Wildman–Crippen MR) is 87.3 cm³/mol. The number of hydrogen-bond donors (Lipinski definition) is 1. The molecular weight excluding hydrogens is 260 g/mol. The van der Waals surface area contributed by atoms with Crippen molar-refractivity contribution in [3.05, 3.63) is 41.6 Å². The Hall–Kier alpha value is -2.10. The molecule has 1 saturated heterocycles. The molecule has 0 saturated carbocycles. The highest BCUT2D eigenvalue weighted by atomic mass is 15.3. The number of anilines is 3. The minimum absolute atomic E-state index is 0.847. The van der Waals surface area contributed by atoms with Crippen LogP contribution in [0.1, 0.15) is 31.0 Å². The van der Waals surface area contributed by atoms with E-state index in [1.165, 1.54) is 18.4 Å². The van der Waals surface area contributed by atoms with Crippen LogP contribution in [0.25, 0.3) is 0 Å². The Morgan fingerprint density at radius 2 is 1.81 bits per heavy atom. The summed E-state index contributed by atoms with van der Waals surface area (Å²) in [6, 6.07) is 10.5. The van der Waals surface area contributed by atoms with E-state index in [-0.39, 0.29) is 0 Å². The van der Waals surface area contributed by atoms with Crippen LogP contribution in [0.15, 0.2) is 30.3 Å². The van der Waals surface area contributed by atoms with Gasteiger partial charge in [0.2, 0.25) is 5.95 Å². The molecule has 0 spiro atoms. The Labute approximate surface area is 126 Å². The van der Waals surface area contributed by atoms with Crippen molar-refractivity contribution in [3.63, 3.8) is 0 Å². The summed E-state index contributed by atoms with van der Waals surface area (Å²) >= 11 is 0. The normalized spacial score (nSPS) is 14.5. The Morgan fingerprint density at radius 1 is 1.10 bits per heavy atom. The van der Waals surface area contributed by atoms with Crippen LogP contribution in [0.4, 0.5) is 17.5 Å². The number of nitrogens with one attached hydrogen (secondary N) is 1. The molecule has 0 aliphatic carbocycles. The molecule has 0 amide bonds. The number of aromatic nitrogens is 2. The molecule has 1 N–H and O–H groups in total. The van der Waals surface area contributed by atoms with Gasteiger partial charge in [0.15, 0.2) is 0 Å². The summed E-state index contributed by atoms with van der Waals surface area (Å²) in [5.74, 6) is 1.72. The molecule has 2 aromatic rings. The Kier molecular flexibility index (Phi) is 4.04. The fourth-order valence-electron chi connectivity index (χ4n) is 2.65. The standard InChI is InChI=1S/C17H22N4/c1-3-14-6-8-15(9-7-14)19-16-12-13(2)18-17(20-16)21-10-4-5-11-21/h6-9,12H,3-5,10-11H2,1-2H3,(H,18,19,20). The van der Waals surface area contributed by atoms with Crippen molar-refractivity contribution in [2.24, 2.45) is 0 Å². The topological polar surface area (TPSA) is 41.1 Å². The number of benzene rings is 1. The smallest absolute Gasteiger partial charge is 0.227 e. The van der Waals surface area contributed by atoms with E-state index < -0.39 is 0 Å². The first-order valence-corrected chi connectivity index (χ1v) is 7.71. The van der Waals surface area contributed by atoms with Crippen molar-refractivity contribution in [2.75, 3.05) is 23.3 Å². The highest BCUT2D eigenvalue weighted by Crippen LogP contribution is 2.21. The van der Waals surface area contributed by atoms with Gasteiger partial charge in [-0.05, 0) is 43.9 Å². The first-order valence-electron chi connectivity index (χ1n) is 7.71. The molecule has 0 radical (unpaired) electrons. The Morgan fingerprint density at radius 3 is 2.48 bits per heavy atom. The average Bonchev–Trinajstić information content (AvgIpc) is 3.02. The summed E-state index contributed by atoms with van der Waals surface area (Å²) < 4.78 is 0. The van der Waals surface area contributed by atoms with Gasteiger partial charge < -0.3 is 10.2 Å². The lowest BCUT2D eigenvalue weighted by molar-refractivity contribution is 0.891. The first-order chi connectivity index (χ1) is 10.2. The SMILES string of the molecule is CCc1ccc(Nc2cc(C)nc(N3CCCC3)n2)cc1. The third kappa shape index (κ3) is 3.32. The number of hydrogen-bond acceptors (Lipinski definition) is 4. The molecule has 1 aliphatic heterocycles. The Balaban J connectivity index is 1.80. The minimum atomic E-state index is 0.847. The molecule has 0 atom stereocenters. The third-order valence-corrected chi connectivity index (χ3v) is 3.87. The second kappa shape index (κ2) is 6.12. The summed E-state index contributed by atoms with van der Waals surface area (Å²) in [6.45, 7) is 6.31. The van der Waals surface area contributed by atoms with Crippen LogP contribution in [0.2, 0.25) is 0 Å². The third-order valence-electron chi connectivity index (χ3n) is 3.87. The molecule has 110 valence electrons. The zero-order chi connectivity index (χ0) is 14.7. The zero-order valence-electron chi connectivity index (χ0n) is 12.8. The lowest BCUT2D eigenvalue weighted by Gasteiger charge is -2.17. The highest BCUT2D eigenvalue weighted by molar-refractivity contribution is 5.58. The number of aryl methyl sites for hydroxylation is 2. The van der Waals surface area contributed by atoms with Crippen molar-refractivity contribution < 1.29 is 0 Å². The molecule has 0 unspecified atom stereocenters. The van der Waals surface area contributed by atoms with Crippen molar-refractivity contribution in [1.82, 2.24) is 9.97 Å². The van der Waals surface area contributed by atoms with Crippen LogP contribution in [0.5, 0.6) is 0 Å². The van der Waals surface area contributed by atoms with Gasteiger partial charge in [-0.2, -0.15) is 4.98 Å². The van der Waals surface area contributed by atoms with Gasteiger partial charge in [0.1, 0.15) is 5.82 Å². The van der Waals surface area contributed by atoms with Crippen LogP contribution >= 0.6 is 0 Å². The molecule has 3 rings (SSSR count). The predicted octanol–water partition coefficient (Wildman–Crippen LogP) is 3.69. The number of nitrogens with zero attached hydrogens (tertiary/aromatic N) is 3. The molecule has 1 aliphatic rings. The second-order valence-electron chi connectivity index (χ2n) is 5.56. The van der Waals surface area contributed by atoms with Gasteiger partial charge in [-0.1, -0.05) is 19.1 Å². The van der Waals surface area contributed by atoms with Crippen LogP contribution in [-0.4, -0.2) is 23.1 Å². The van der Waals surface area contributed by atoms with Gasteiger partial charge in [0, 0.05) is 30.5 Å². The maximum atomic E-state index is 4.66. The van der Waals surface area contributed by atoms with E-state index in [1.807, 2.05) is 13.0 Å². The molecule has 1 fully saturated rings. The molecular formula is C17H22N4. The van der Waals surface area contributed by atoms with Gasteiger partial charge in [-0.25, -0.2) is 4.98 Å². The van der Waals surface area contributed by atoms with Crippen molar-refractivity contribution in [3.8, 4) is 0 Å². The number of rotatable bonds is 4. The van der Waals surface area contributed by atoms with Crippen molar-refractivity contribution in [1.29, 1.82) is 0 Å². The first kappa shape index (κ1) is 13.9. The van der Waals surface area contributed by atoms with Crippen LogP contribution in [0.3, 0.4) is 0 Å². The molecule has 4 heteroatoms. The minimum Gasteiger partial charge on any atom is -0.341 e. The van der Waals surface area contributed by atoms with E-state index >= 15 is 0 Å². The zero-order valence-corrected chi connectivity index (χ0v) is 12.8. The van der Waals surface area contributed by atoms with Crippen LogP contribution in [-0.2, 0) is 6.42 Å². The van der Waals surface area contributed by atoms with Crippen molar-refractivity contribution in [2.45, 2.75) is 33.1 Å². The summed E-state index contributed by atoms with van der Waals surface area (Å²) in [6.07, 6.45) is 3.53. The fraction of sp³-hybridized carbons (Fsp3) is 0.412. The van der Waals surface area contributed by atoms with Gasteiger partial charge in [-0.15, -0.1) is 0 Å². The Bertz CT molecular complexity index is 601. The molecule has 1 aromatic heterocycles. The van der Waals surface area contributed by atoms with Crippen LogP contribution < -0.4 is 10.2 Å². The van der Waals surface area contributed by atoms with Gasteiger partial charge >= 0.3 is 0 Å². The molecule has 4 nitrogen and oxygen atoms in total. The van der Waals surface area contributed by atoms with E-state index in [9.17, 15) is 0 Å². The van der Waals surface area contributed by atoms with Crippen molar-refractivity contribution >= 4 is 17.5 Å². The summed E-state index contributed by atoms with van der Waals surface area (Å²) in [5, 5.41) is 3.38. The van der Waals surface area contributed by atoms with Gasteiger partial charge in [-0.3, -0.25) is 0 Å². The van der Waals surface area contributed by atoms with E-state index in [2.05, 4.69) is 51.4 Å². The lowest BCUT2D eigenvalue weighted by Crippen LogP contribution is -2.21.